The number of anilines is 4. The molecule has 4 heterocycles. The highest BCUT2D eigenvalue weighted by molar-refractivity contribution is 6.00. The molecule has 4 aromatic rings. The summed E-state index contributed by atoms with van der Waals surface area (Å²) < 4.78 is 6.26. The van der Waals surface area contributed by atoms with E-state index in [9.17, 15) is 4.79 Å². The van der Waals surface area contributed by atoms with Gasteiger partial charge in [0.05, 0.1) is 22.3 Å². The number of para-hydroxylation sites is 2. The fourth-order valence-electron chi connectivity index (χ4n) is 4.57. The van der Waals surface area contributed by atoms with E-state index < -0.39 is 0 Å². The Morgan fingerprint density at radius 1 is 1.21 bits per heavy atom. The number of hydrogen-bond acceptors (Lipinski definition) is 8. The molecule has 1 atom stereocenters. The number of carbonyl (C=O) groups is 1. The van der Waals surface area contributed by atoms with Crippen molar-refractivity contribution in [2.75, 3.05) is 29.5 Å². The Hall–Kier alpha value is -4.34. The lowest BCUT2D eigenvalue weighted by molar-refractivity contribution is -0.121. The van der Waals surface area contributed by atoms with Gasteiger partial charge in [0.25, 0.3) is 0 Å². The van der Waals surface area contributed by atoms with Crippen LogP contribution in [0.3, 0.4) is 0 Å². The van der Waals surface area contributed by atoms with E-state index in [0.29, 0.717) is 28.8 Å². The lowest BCUT2D eigenvalue weighted by Gasteiger charge is -2.24. The summed E-state index contributed by atoms with van der Waals surface area (Å²) in [6, 6.07) is 13.2. The van der Waals surface area contributed by atoms with Crippen molar-refractivity contribution in [1.82, 2.24) is 25.5 Å². The van der Waals surface area contributed by atoms with Gasteiger partial charge < -0.3 is 26.0 Å². The quantitative estimate of drug-likeness (QED) is 0.335. The summed E-state index contributed by atoms with van der Waals surface area (Å²) in [6.07, 6.45) is 1.68. The van der Waals surface area contributed by atoms with E-state index in [4.69, 9.17) is 10.5 Å². The topological polar surface area (TPSA) is 134 Å². The van der Waals surface area contributed by atoms with E-state index in [1.165, 1.54) is 0 Å². The number of amides is 1. The summed E-state index contributed by atoms with van der Waals surface area (Å²) in [5.41, 5.74) is 9.19. The van der Waals surface area contributed by atoms with Gasteiger partial charge >= 0.3 is 0 Å². The van der Waals surface area contributed by atoms with Crippen LogP contribution in [0, 0.1) is 0 Å². The van der Waals surface area contributed by atoms with E-state index in [0.717, 1.165) is 41.5 Å². The maximum Gasteiger partial charge on any atom is 0.242 e. The van der Waals surface area contributed by atoms with Crippen molar-refractivity contribution in [3.63, 3.8) is 0 Å². The fraction of sp³-hybridized carbons (Fsp3) is 0.217. The fourth-order valence-corrected chi connectivity index (χ4v) is 4.57. The molecule has 6 rings (SSSR count). The molecule has 5 N–H and O–H groups in total. The Kier molecular flexibility index (Phi) is 4.32. The average molecular weight is 442 g/mol. The Morgan fingerprint density at radius 2 is 2.09 bits per heavy atom. The molecule has 0 unspecified atom stereocenters. The number of likely N-dealkylation sites (N-methyl/N-ethyl adjacent to an activating group) is 1. The van der Waals surface area contributed by atoms with Crippen molar-refractivity contribution in [1.29, 1.82) is 0 Å². The second-order valence-electron chi connectivity index (χ2n) is 8.13. The van der Waals surface area contributed by atoms with Crippen LogP contribution in [0.25, 0.3) is 22.2 Å². The molecule has 10 nitrogen and oxygen atoms in total. The largest absolute Gasteiger partial charge is 0.454 e. The standard InChI is InChI=1S/C23H22N8O2/c1-25-22(32)16-6-4-8-31(16)19-11-14(27-23(24)28-19)12-9-15-20-18(10-12)33-17-7-3-2-5-13(17)26-21(20)30-29-15/h2-3,5,7,9-11,16H,4,6,8H2,1H3,(H,25,32)(H2,24,27,28)(H2,26,29,30)/t16-/m1/s1. The molecule has 1 fully saturated rings. The van der Waals surface area contributed by atoms with Crippen LogP contribution in [0.1, 0.15) is 12.8 Å². The zero-order chi connectivity index (χ0) is 22.5. The van der Waals surface area contributed by atoms with Crippen molar-refractivity contribution >= 4 is 40.1 Å². The lowest BCUT2D eigenvalue weighted by Crippen LogP contribution is -2.42. The van der Waals surface area contributed by atoms with Gasteiger partial charge in [0, 0.05) is 25.2 Å². The minimum Gasteiger partial charge on any atom is -0.454 e. The first-order valence-corrected chi connectivity index (χ1v) is 10.8. The first kappa shape index (κ1) is 19.4. The Morgan fingerprint density at radius 3 is 2.97 bits per heavy atom. The number of nitrogen functional groups attached to an aromatic ring is 1. The van der Waals surface area contributed by atoms with Gasteiger partial charge in [-0.1, -0.05) is 12.1 Å². The van der Waals surface area contributed by atoms with E-state index >= 15 is 0 Å². The highest BCUT2D eigenvalue weighted by Gasteiger charge is 2.31. The number of hydrogen-bond donors (Lipinski definition) is 4. The molecule has 1 amide bonds. The summed E-state index contributed by atoms with van der Waals surface area (Å²) in [5.74, 6) is 2.82. The Balaban J connectivity index is 1.45. The molecule has 0 spiro atoms. The van der Waals surface area contributed by atoms with Gasteiger partial charge in [-0.15, -0.1) is 0 Å². The molecule has 0 aliphatic carbocycles. The zero-order valence-electron chi connectivity index (χ0n) is 17.9. The van der Waals surface area contributed by atoms with Crippen LogP contribution in [0.4, 0.5) is 23.3 Å². The van der Waals surface area contributed by atoms with Crippen LogP contribution in [0.15, 0.2) is 42.5 Å². The van der Waals surface area contributed by atoms with Crippen LogP contribution < -0.4 is 26.0 Å². The summed E-state index contributed by atoms with van der Waals surface area (Å²) in [7, 11) is 1.65. The van der Waals surface area contributed by atoms with Crippen LogP contribution in [0.2, 0.25) is 0 Å². The number of aromatic amines is 1. The molecule has 10 heteroatoms. The monoisotopic (exact) mass is 442 g/mol. The molecular formula is C23H22N8O2. The number of rotatable bonds is 3. The normalized spacial score (nSPS) is 16.6. The van der Waals surface area contributed by atoms with Crippen LogP contribution in [0.5, 0.6) is 11.5 Å². The molecule has 0 radical (unpaired) electrons. The van der Waals surface area contributed by atoms with Gasteiger partial charge in [-0.3, -0.25) is 9.89 Å². The third-order valence-corrected chi connectivity index (χ3v) is 6.11. The number of aromatic nitrogens is 4. The Labute approximate surface area is 189 Å². The summed E-state index contributed by atoms with van der Waals surface area (Å²) in [4.78, 5) is 23.2. The van der Waals surface area contributed by atoms with Crippen molar-refractivity contribution in [2.24, 2.45) is 0 Å². The molecule has 33 heavy (non-hydrogen) atoms. The minimum absolute atomic E-state index is 0.0297. The maximum absolute atomic E-state index is 12.3. The number of carbonyl (C=O) groups excluding carboxylic acids is 1. The third kappa shape index (κ3) is 3.18. The molecule has 2 aliphatic heterocycles. The molecular weight excluding hydrogens is 420 g/mol. The number of H-pyrrole nitrogens is 1. The smallest absolute Gasteiger partial charge is 0.242 e. The predicted molar refractivity (Wildman–Crippen MR) is 126 cm³/mol. The van der Waals surface area contributed by atoms with Crippen molar-refractivity contribution in [2.45, 2.75) is 18.9 Å². The van der Waals surface area contributed by atoms with Gasteiger partial charge in [-0.25, -0.2) is 4.98 Å². The van der Waals surface area contributed by atoms with Crippen molar-refractivity contribution in [3.05, 3.63) is 42.5 Å². The Bertz CT molecular complexity index is 1400. The number of benzene rings is 2. The molecule has 0 bridgehead atoms. The average Bonchev–Trinajstić information content (AvgIpc) is 3.43. The zero-order valence-corrected chi connectivity index (χ0v) is 17.9. The highest BCUT2D eigenvalue weighted by Crippen LogP contribution is 2.44. The van der Waals surface area contributed by atoms with Crippen LogP contribution >= 0.6 is 0 Å². The second kappa shape index (κ2) is 7.37. The predicted octanol–water partition coefficient (Wildman–Crippen LogP) is 3.17. The van der Waals surface area contributed by atoms with Crippen molar-refractivity contribution < 1.29 is 9.53 Å². The van der Waals surface area contributed by atoms with E-state index in [2.05, 4.69) is 30.8 Å². The number of ether oxygens (including phenoxy) is 1. The van der Waals surface area contributed by atoms with Gasteiger partial charge in [-0.2, -0.15) is 10.1 Å². The molecule has 1 saturated heterocycles. The molecule has 166 valence electrons. The van der Waals surface area contributed by atoms with Gasteiger partial charge in [0.15, 0.2) is 11.6 Å². The summed E-state index contributed by atoms with van der Waals surface area (Å²) in [5, 5.41) is 14.4. The third-order valence-electron chi connectivity index (χ3n) is 6.11. The van der Waals surface area contributed by atoms with Crippen LogP contribution in [-0.2, 0) is 4.79 Å². The summed E-state index contributed by atoms with van der Waals surface area (Å²) in [6.45, 7) is 0.730. The maximum atomic E-state index is 12.3. The van der Waals surface area contributed by atoms with E-state index in [1.54, 1.807) is 7.05 Å². The number of nitrogens with two attached hydrogens (primary N) is 1. The molecule has 2 aromatic heterocycles. The number of nitrogens with zero attached hydrogens (tertiary/aromatic N) is 4. The number of nitrogens with one attached hydrogen (secondary N) is 3. The van der Waals surface area contributed by atoms with Crippen molar-refractivity contribution in [3.8, 4) is 22.8 Å². The first-order chi connectivity index (χ1) is 16.1. The first-order valence-electron chi connectivity index (χ1n) is 10.8. The second-order valence-corrected chi connectivity index (χ2v) is 8.13. The van der Waals surface area contributed by atoms with Gasteiger partial charge in [0.1, 0.15) is 17.6 Å². The molecule has 0 saturated carbocycles. The minimum atomic E-state index is -0.273. The van der Waals surface area contributed by atoms with Crippen LogP contribution in [-0.4, -0.2) is 45.7 Å². The van der Waals surface area contributed by atoms with Gasteiger partial charge in [-0.05, 0) is 37.1 Å². The highest BCUT2D eigenvalue weighted by atomic mass is 16.5. The lowest BCUT2D eigenvalue weighted by atomic mass is 10.1. The van der Waals surface area contributed by atoms with Gasteiger partial charge in [0.2, 0.25) is 11.9 Å². The van der Waals surface area contributed by atoms with E-state index in [1.807, 2.05) is 47.4 Å². The van der Waals surface area contributed by atoms with E-state index in [-0.39, 0.29) is 17.9 Å². The molecule has 2 aromatic carbocycles. The number of fused-ring (bicyclic) bond motifs is 1. The molecule has 2 aliphatic rings. The SMILES string of the molecule is CNC(=O)[C@H]1CCCN1c1cc(-c2cc3c4c(n[nH]c4c2)Nc2ccccc2O3)nc(N)n1. The summed E-state index contributed by atoms with van der Waals surface area (Å²) >= 11 is 0.